The molecule has 0 aliphatic heterocycles. The molecule has 0 aromatic heterocycles. The first-order chi connectivity index (χ1) is 7.84. The van der Waals surface area contributed by atoms with Crippen molar-refractivity contribution < 1.29 is 5.11 Å². The number of hydrogen-bond donors (Lipinski definition) is 2. The van der Waals surface area contributed by atoms with Crippen LogP contribution in [0.3, 0.4) is 0 Å². The van der Waals surface area contributed by atoms with Crippen LogP contribution in [-0.2, 0) is 0 Å². The fourth-order valence-electron chi connectivity index (χ4n) is 1.65. The summed E-state index contributed by atoms with van der Waals surface area (Å²) in [7, 11) is 0. The molecule has 0 amide bonds. The van der Waals surface area contributed by atoms with Crippen molar-refractivity contribution in [1.29, 1.82) is 0 Å². The van der Waals surface area contributed by atoms with Crippen molar-refractivity contribution in [3.8, 4) is 0 Å². The Morgan fingerprint density at radius 2 is 2.00 bits per heavy atom. The van der Waals surface area contributed by atoms with Crippen LogP contribution in [0.1, 0.15) is 26.3 Å². The molecule has 0 saturated carbocycles. The molecule has 0 bridgehead atoms. The molecular formula is C14H23NOS. The number of aliphatic hydroxyl groups excluding tert-OH is 1. The first kappa shape index (κ1) is 14.6. The minimum Gasteiger partial charge on any atom is -0.395 e. The summed E-state index contributed by atoms with van der Waals surface area (Å²) in [4.78, 5) is 1.17. The van der Waals surface area contributed by atoms with Gasteiger partial charge in [-0.3, -0.25) is 0 Å². The molecule has 0 aliphatic carbocycles. The Morgan fingerprint density at radius 3 is 2.47 bits per heavy atom. The van der Waals surface area contributed by atoms with E-state index in [0.717, 1.165) is 0 Å². The largest absolute Gasteiger partial charge is 0.395 e. The van der Waals surface area contributed by atoms with E-state index in [2.05, 4.69) is 45.9 Å². The zero-order chi connectivity index (χ0) is 13.1. The summed E-state index contributed by atoms with van der Waals surface area (Å²) in [6.45, 7) is 8.50. The van der Waals surface area contributed by atoms with E-state index in [1.807, 2.05) is 6.07 Å². The summed E-state index contributed by atoms with van der Waals surface area (Å²) < 4.78 is 0. The average molecular weight is 253 g/mol. The molecule has 2 nitrogen and oxygen atoms in total. The molecule has 1 aromatic carbocycles. The Balaban J connectivity index is 2.77. The number of aliphatic hydroxyl groups is 1. The van der Waals surface area contributed by atoms with E-state index in [-0.39, 0.29) is 23.3 Å². The fourth-order valence-corrected chi connectivity index (χ4v) is 3.04. The topological polar surface area (TPSA) is 46.2 Å². The predicted molar refractivity (Wildman–Crippen MR) is 75.3 cm³/mol. The first-order valence-electron chi connectivity index (χ1n) is 5.94. The van der Waals surface area contributed by atoms with Crippen LogP contribution in [-0.4, -0.2) is 23.0 Å². The maximum atomic E-state index is 9.49. The Kier molecular flexibility index (Phi) is 5.04. The van der Waals surface area contributed by atoms with Crippen molar-refractivity contribution in [3.63, 3.8) is 0 Å². The summed E-state index contributed by atoms with van der Waals surface area (Å²) in [5.74, 6) is 0. The van der Waals surface area contributed by atoms with Crippen LogP contribution < -0.4 is 5.73 Å². The fraction of sp³-hybridized carbons (Fsp3) is 0.571. The summed E-state index contributed by atoms with van der Waals surface area (Å²) in [5, 5.41) is 9.53. The molecular weight excluding hydrogens is 230 g/mol. The van der Waals surface area contributed by atoms with Crippen LogP contribution in [0.25, 0.3) is 0 Å². The number of benzene rings is 1. The van der Waals surface area contributed by atoms with Gasteiger partial charge in [0.2, 0.25) is 0 Å². The lowest BCUT2D eigenvalue weighted by molar-refractivity contribution is 0.233. The van der Waals surface area contributed by atoms with E-state index in [4.69, 9.17) is 5.73 Å². The van der Waals surface area contributed by atoms with Gasteiger partial charge in [-0.25, -0.2) is 0 Å². The van der Waals surface area contributed by atoms with Crippen molar-refractivity contribution in [2.75, 3.05) is 6.61 Å². The lowest BCUT2D eigenvalue weighted by Crippen LogP contribution is -2.45. The third-order valence-corrected chi connectivity index (χ3v) is 4.13. The van der Waals surface area contributed by atoms with E-state index in [0.29, 0.717) is 0 Å². The summed E-state index contributed by atoms with van der Waals surface area (Å²) >= 11 is 1.66. The monoisotopic (exact) mass is 253 g/mol. The number of aryl methyl sites for hydroxylation is 1. The van der Waals surface area contributed by atoms with Crippen LogP contribution >= 0.6 is 11.8 Å². The van der Waals surface area contributed by atoms with Gasteiger partial charge in [0, 0.05) is 16.2 Å². The highest BCUT2D eigenvalue weighted by molar-refractivity contribution is 8.00. The van der Waals surface area contributed by atoms with Crippen LogP contribution in [0.4, 0.5) is 0 Å². The molecule has 1 aromatic rings. The van der Waals surface area contributed by atoms with Crippen molar-refractivity contribution in [3.05, 3.63) is 29.8 Å². The van der Waals surface area contributed by atoms with Gasteiger partial charge in [0.15, 0.2) is 0 Å². The van der Waals surface area contributed by atoms with Crippen LogP contribution in [0.15, 0.2) is 29.2 Å². The number of hydrogen-bond acceptors (Lipinski definition) is 3. The molecule has 17 heavy (non-hydrogen) atoms. The molecule has 2 unspecified atom stereocenters. The normalized spacial score (nSPS) is 15.6. The van der Waals surface area contributed by atoms with Crippen LogP contribution in [0.2, 0.25) is 0 Å². The van der Waals surface area contributed by atoms with Gasteiger partial charge < -0.3 is 10.8 Å². The Hall–Kier alpha value is -0.510. The Bertz CT molecular complexity index is 359. The number of rotatable bonds is 4. The summed E-state index contributed by atoms with van der Waals surface area (Å²) in [5.41, 5.74) is 7.45. The van der Waals surface area contributed by atoms with Gasteiger partial charge in [-0.05, 0) is 24.5 Å². The highest BCUT2D eigenvalue weighted by atomic mass is 32.2. The summed E-state index contributed by atoms with van der Waals surface area (Å²) in [6, 6.07) is 8.27. The molecule has 0 fully saturated rings. The van der Waals surface area contributed by atoms with Crippen molar-refractivity contribution in [1.82, 2.24) is 0 Å². The SMILES string of the molecule is Cc1cccc(SC(CO)C(N)C(C)(C)C)c1. The Morgan fingerprint density at radius 1 is 1.35 bits per heavy atom. The van der Waals surface area contributed by atoms with Crippen molar-refractivity contribution in [2.45, 2.75) is 43.9 Å². The van der Waals surface area contributed by atoms with E-state index >= 15 is 0 Å². The van der Waals surface area contributed by atoms with Crippen molar-refractivity contribution >= 4 is 11.8 Å². The minimum absolute atomic E-state index is 0.00419. The quantitative estimate of drug-likeness (QED) is 0.811. The second-order valence-electron chi connectivity index (χ2n) is 5.55. The molecule has 96 valence electrons. The van der Waals surface area contributed by atoms with E-state index in [9.17, 15) is 5.11 Å². The van der Waals surface area contributed by atoms with E-state index in [1.165, 1.54) is 10.5 Å². The second-order valence-corrected chi connectivity index (χ2v) is 6.86. The molecule has 0 heterocycles. The molecule has 0 spiro atoms. The molecule has 0 saturated heterocycles. The maximum Gasteiger partial charge on any atom is 0.0568 e. The highest BCUT2D eigenvalue weighted by Gasteiger charge is 2.29. The smallest absolute Gasteiger partial charge is 0.0568 e. The van der Waals surface area contributed by atoms with Gasteiger partial charge in [-0.2, -0.15) is 0 Å². The zero-order valence-corrected chi connectivity index (χ0v) is 11.9. The van der Waals surface area contributed by atoms with E-state index < -0.39 is 0 Å². The van der Waals surface area contributed by atoms with E-state index in [1.54, 1.807) is 11.8 Å². The molecule has 1 rings (SSSR count). The zero-order valence-electron chi connectivity index (χ0n) is 11.1. The first-order valence-corrected chi connectivity index (χ1v) is 6.82. The van der Waals surface area contributed by atoms with Gasteiger partial charge in [0.05, 0.1) is 6.61 Å². The number of nitrogens with two attached hydrogens (primary N) is 1. The molecule has 0 aliphatic rings. The predicted octanol–water partition coefficient (Wildman–Crippen LogP) is 2.82. The lowest BCUT2D eigenvalue weighted by atomic mass is 9.85. The number of thioether (sulfide) groups is 1. The van der Waals surface area contributed by atoms with Crippen molar-refractivity contribution in [2.24, 2.45) is 11.1 Å². The van der Waals surface area contributed by atoms with Crippen LogP contribution in [0, 0.1) is 12.3 Å². The second kappa shape index (κ2) is 5.89. The average Bonchev–Trinajstić information content (AvgIpc) is 2.24. The lowest BCUT2D eigenvalue weighted by Gasteiger charge is -2.32. The molecule has 0 radical (unpaired) electrons. The van der Waals surface area contributed by atoms with Gasteiger partial charge in [-0.15, -0.1) is 11.8 Å². The molecule has 3 N–H and O–H groups in total. The van der Waals surface area contributed by atoms with Gasteiger partial charge in [0.25, 0.3) is 0 Å². The maximum absolute atomic E-state index is 9.49. The third-order valence-electron chi connectivity index (χ3n) is 2.86. The van der Waals surface area contributed by atoms with Gasteiger partial charge in [-0.1, -0.05) is 38.5 Å². The molecule has 2 atom stereocenters. The van der Waals surface area contributed by atoms with Gasteiger partial charge >= 0.3 is 0 Å². The Labute approximate surface area is 109 Å². The summed E-state index contributed by atoms with van der Waals surface area (Å²) in [6.07, 6.45) is 0. The molecule has 3 heteroatoms. The highest BCUT2D eigenvalue weighted by Crippen LogP contribution is 2.31. The van der Waals surface area contributed by atoms with Crippen LogP contribution in [0.5, 0.6) is 0 Å². The minimum atomic E-state index is -0.0296. The van der Waals surface area contributed by atoms with Gasteiger partial charge in [0.1, 0.15) is 0 Å². The standard InChI is InChI=1S/C14H23NOS/c1-10-6-5-7-11(8-10)17-12(9-16)13(15)14(2,3)4/h5-8,12-13,16H,9,15H2,1-4H3. The third kappa shape index (κ3) is 4.34.